The zero-order valence-corrected chi connectivity index (χ0v) is 11.2. The second kappa shape index (κ2) is 6.25. The first kappa shape index (κ1) is 13.4. The second-order valence-electron chi connectivity index (χ2n) is 3.88. The third kappa shape index (κ3) is 3.26. The summed E-state index contributed by atoms with van der Waals surface area (Å²) in [4.78, 5) is 12.0. The summed E-state index contributed by atoms with van der Waals surface area (Å²) in [6.07, 6.45) is 0. The van der Waals surface area contributed by atoms with Crippen LogP contribution in [0.3, 0.4) is 0 Å². The summed E-state index contributed by atoms with van der Waals surface area (Å²) < 4.78 is 10.3. The number of hydrogen-bond acceptors (Lipinski definition) is 3. The topological polar surface area (TPSA) is 35.5 Å². The quantitative estimate of drug-likeness (QED) is 0.799. The van der Waals surface area contributed by atoms with Crippen molar-refractivity contribution in [2.24, 2.45) is 0 Å². The number of esters is 1. The first-order chi connectivity index (χ1) is 9.22. The van der Waals surface area contributed by atoms with Crippen LogP contribution in [-0.4, -0.2) is 13.1 Å². The maximum absolute atomic E-state index is 12.0. The molecule has 0 heterocycles. The molecule has 0 spiro atoms. The van der Waals surface area contributed by atoms with Gasteiger partial charge in [0.2, 0.25) is 0 Å². The fourth-order valence-electron chi connectivity index (χ4n) is 1.67. The molecule has 0 aliphatic rings. The molecule has 2 aromatic rings. The van der Waals surface area contributed by atoms with Gasteiger partial charge in [-0.05, 0) is 17.7 Å². The molecular formula is C15H13ClO3. The summed E-state index contributed by atoms with van der Waals surface area (Å²) in [6.45, 7) is 0.202. The number of hydrogen-bond donors (Lipinski definition) is 0. The van der Waals surface area contributed by atoms with E-state index in [0.29, 0.717) is 10.8 Å². The van der Waals surface area contributed by atoms with Gasteiger partial charge in [-0.15, -0.1) is 0 Å². The van der Waals surface area contributed by atoms with Crippen LogP contribution < -0.4 is 4.74 Å². The first-order valence-corrected chi connectivity index (χ1v) is 6.13. The molecule has 0 bridgehead atoms. The fraction of sp³-hybridized carbons (Fsp3) is 0.133. The largest absolute Gasteiger partial charge is 0.496 e. The van der Waals surface area contributed by atoms with Crippen molar-refractivity contribution in [3.8, 4) is 5.75 Å². The highest BCUT2D eigenvalue weighted by molar-refractivity contribution is 6.34. The van der Waals surface area contributed by atoms with Gasteiger partial charge in [-0.3, -0.25) is 0 Å². The molecule has 2 aromatic carbocycles. The smallest absolute Gasteiger partial charge is 0.343 e. The lowest BCUT2D eigenvalue weighted by atomic mass is 10.2. The van der Waals surface area contributed by atoms with Crippen molar-refractivity contribution in [2.75, 3.05) is 7.11 Å². The van der Waals surface area contributed by atoms with Gasteiger partial charge in [0.25, 0.3) is 0 Å². The van der Waals surface area contributed by atoms with Crippen LogP contribution in [0.15, 0.2) is 48.5 Å². The summed E-state index contributed by atoms with van der Waals surface area (Å²) in [7, 11) is 1.49. The van der Waals surface area contributed by atoms with Gasteiger partial charge in [0.05, 0.1) is 12.1 Å². The molecule has 0 unspecified atom stereocenters. The van der Waals surface area contributed by atoms with E-state index in [1.54, 1.807) is 18.2 Å². The summed E-state index contributed by atoms with van der Waals surface area (Å²) in [6, 6.07) is 14.5. The van der Waals surface area contributed by atoms with Crippen molar-refractivity contribution < 1.29 is 14.3 Å². The minimum atomic E-state index is -0.494. The molecule has 0 fully saturated rings. The predicted molar refractivity (Wildman–Crippen MR) is 73.6 cm³/mol. The lowest BCUT2D eigenvalue weighted by molar-refractivity contribution is 0.0469. The molecule has 0 atom stereocenters. The lowest BCUT2D eigenvalue weighted by Gasteiger charge is -2.10. The zero-order chi connectivity index (χ0) is 13.7. The molecule has 19 heavy (non-hydrogen) atoms. The van der Waals surface area contributed by atoms with Crippen LogP contribution in [0.5, 0.6) is 5.75 Å². The van der Waals surface area contributed by atoms with E-state index in [1.807, 2.05) is 30.3 Å². The number of carbonyl (C=O) groups excluding carboxylic acids is 1. The number of ether oxygens (including phenoxy) is 2. The number of rotatable bonds is 4. The normalized spacial score (nSPS) is 10.0. The zero-order valence-electron chi connectivity index (χ0n) is 10.4. The molecule has 0 radical (unpaired) electrons. The van der Waals surface area contributed by atoms with Gasteiger partial charge >= 0.3 is 5.97 Å². The molecule has 0 N–H and O–H groups in total. The molecule has 0 aliphatic heterocycles. The summed E-state index contributed by atoms with van der Waals surface area (Å²) in [5, 5.41) is 0.317. The maximum Gasteiger partial charge on any atom is 0.343 e. The Morgan fingerprint density at radius 1 is 1.11 bits per heavy atom. The van der Waals surface area contributed by atoms with Gasteiger partial charge in [0.15, 0.2) is 0 Å². The summed E-state index contributed by atoms with van der Waals surface area (Å²) in [5.74, 6) is -0.0862. The molecule has 4 heteroatoms. The number of benzene rings is 2. The van der Waals surface area contributed by atoms with Gasteiger partial charge in [-0.25, -0.2) is 4.79 Å². The molecule has 0 aromatic heterocycles. The van der Waals surface area contributed by atoms with E-state index in [9.17, 15) is 4.79 Å². The third-order valence-corrected chi connectivity index (χ3v) is 2.93. The Morgan fingerprint density at radius 3 is 2.53 bits per heavy atom. The minimum absolute atomic E-state index is 0.202. The molecule has 0 aliphatic carbocycles. The minimum Gasteiger partial charge on any atom is -0.496 e. The van der Waals surface area contributed by atoms with Gasteiger partial charge in [-0.1, -0.05) is 48.0 Å². The van der Waals surface area contributed by atoms with Crippen molar-refractivity contribution in [1.29, 1.82) is 0 Å². The Hall–Kier alpha value is -2.00. The average molecular weight is 277 g/mol. The van der Waals surface area contributed by atoms with Gasteiger partial charge in [-0.2, -0.15) is 0 Å². The highest BCUT2D eigenvalue weighted by atomic mass is 35.5. The predicted octanol–water partition coefficient (Wildman–Crippen LogP) is 3.71. The Labute approximate surface area is 116 Å². The lowest BCUT2D eigenvalue weighted by Crippen LogP contribution is -2.08. The summed E-state index contributed by atoms with van der Waals surface area (Å²) >= 11 is 6.00. The molecule has 3 nitrogen and oxygen atoms in total. The monoisotopic (exact) mass is 276 g/mol. The van der Waals surface area contributed by atoms with E-state index >= 15 is 0 Å². The van der Waals surface area contributed by atoms with E-state index in [0.717, 1.165) is 5.56 Å². The molecule has 0 saturated heterocycles. The highest BCUT2D eigenvalue weighted by Crippen LogP contribution is 2.27. The molecular weight excluding hydrogens is 264 g/mol. The van der Waals surface area contributed by atoms with Crippen LogP contribution in [0.2, 0.25) is 5.02 Å². The highest BCUT2D eigenvalue weighted by Gasteiger charge is 2.17. The van der Waals surface area contributed by atoms with Crippen molar-refractivity contribution >= 4 is 17.6 Å². The van der Waals surface area contributed by atoms with Crippen molar-refractivity contribution in [3.63, 3.8) is 0 Å². The Morgan fingerprint density at radius 2 is 1.84 bits per heavy atom. The maximum atomic E-state index is 12.0. The Balaban J connectivity index is 2.12. The van der Waals surface area contributed by atoms with E-state index in [2.05, 4.69) is 0 Å². The standard InChI is InChI=1S/C15H13ClO3/c1-18-13-9-5-8-12(16)14(13)15(17)19-10-11-6-3-2-4-7-11/h2-9H,10H2,1H3. The van der Waals surface area contributed by atoms with Gasteiger partial charge in [0, 0.05) is 0 Å². The van der Waals surface area contributed by atoms with Gasteiger partial charge < -0.3 is 9.47 Å². The number of carbonyl (C=O) groups is 1. The molecule has 0 saturated carbocycles. The first-order valence-electron chi connectivity index (χ1n) is 5.76. The SMILES string of the molecule is COc1cccc(Cl)c1C(=O)OCc1ccccc1. The van der Waals surface area contributed by atoms with E-state index < -0.39 is 5.97 Å². The third-order valence-electron chi connectivity index (χ3n) is 2.61. The molecule has 2 rings (SSSR count). The Bertz CT molecular complexity index is 567. The van der Waals surface area contributed by atoms with Crippen LogP contribution in [0.1, 0.15) is 15.9 Å². The van der Waals surface area contributed by atoms with Crippen molar-refractivity contribution in [1.82, 2.24) is 0 Å². The number of methoxy groups -OCH3 is 1. The summed E-state index contributed by atoms with van der Waals surface area (Å²) in [5.41, 5.74) is 1.17. The van der Waals surface area contributed by atoms with Crippen LogP contribution in [-0.2, 0) is 11.3 Å². The van der Waals surface area contributed by atoms with Crippen LogP contribution in [0, 0.1) is 0 Å². The van der Waals surface area contributed by atoms with Crippen LogP contribution >= 0.6 is 11.6 Å². The van der Waals surface area contributed by atoms with E-state index in [1.165, 1.54) is 7.11 Å². The molecule has 0 amide bonds. The molecule has 98 valence electrons. The van der Waals surface area contributed by atoms with Crippen LogP contribution in [0.4, 0.5) is 0 Å². The average Bonchev–Trinajstić information content (AvgIpc) is 2.45. The van der Waals surface area contributed by atoms with E-state index in [4.69, 9.17) is 21.1 Å². The fourth-order valence-corrected chi connectivity index (χ4v) is 1.91. The number of halogens is 1. The Kier molecular flexibility index (Phi) is 4.42. The second-order valence-corrected chi connectivity index (χ2v) is 4.29. The van der Waals surface area contributed by atoms with Crippen molar-refractivity contribution in [3.05, 3.63) is 64.7 Å². The van der Waals surface area contributed by atoms with Crippen molar-refractivity contribution in [2.45, 2.75) is 6.61 Å². The van der Waals surface area contributed by atoms with E-state index in [-0.39, 0.29) is 12.2 Å². The van der Waals surface area contributed by atoms with Crippen LogP contribution in [0.25, 0.3) is 0 Å². The van der Waals surface area contributed by atoms with Gasteiger partial charge in [0.1, 0.15) is 17.9 Å².